The smallest absolute Gasteiger partial charge is 0.346 e. The predicted octanol–water partition coefficient (Wildman–Crippen LogP) is 14.3. The van der Waals surface area contributed by atoms with Crippen LogP contribution in [0.1, 0.15) is 123 Å². The van der Waals surface area contributed by atoms with Crippen LogP contribution in [0.25, 0.3) is 22.3 Å². The van der Waals surface area contributed by atoms with Crippen LogP contribution in [0.15, 0.2) is 152 Å². The summed E-state index contributed by atoms with van der Waals surface area (Å²) in [5.74, 6) is -7.14. The SMILES string of the molecule is CCCCCCc1ccc(-c2ccc(C(=O)Oc3ccc(C(=O)Oc4cccc(OC(=O)c5ccc(OC(=O)c6ccc(-c7ccc(CCCCCC)cc7)cc6)cc5F)c4C#N)c(F)c3)cc2)cc1. The van der Waals surface area contributed by atoms with Gasteiger partial charge in [0.25, 0.3) is 0 Å². The number of nitriles is 1. The van der Waals surface area contributed by atoms with E-state index < -0.39 is 52.2 Å². The first-order chi connectivity index (χ1) is 34.0. The van der Waals surface area contributed by atoms with Crippen LogP contribution in [-0.2, 0) is 12.8 Å². The molecule has 9 nitrogen and oxygen atoms in total. The van der Waals surface area contributed by atoms with Crippen molar-refractivity contribution < 1.29 is 46.9 Å². The largest absolute Gasteiger partial charge is 0.423 e. The number of rotatable bonds is 20. The van der Waals surface area contributed by atoms with Gasteiger partial charge < -0.3 is 18.9 Å². The lowest BCUT2D eigenvalue weighted by Crippen LogP contribution is -2.15. The molecule has 7 rings (SSSR count). The highest BCUT2D eigenvalue weighted by atomic mass is 19.1. The second kappa shape index (κ2) is 24.2. The molecule has 0 unspecified atom stereocenters. The van der Waals surface area contributed by atoms with Crippen molar-refractivity contribution >= 4 is 23.9 Å². The summed E-state index contributed by atoms with van der Waals surface area (Å²) in [6, 6.07) is 42.1. The number of ether oxygens (including phenoxy) is 4. The van der Waals surface area contributed by atoms with E-state index in [-0.39, 0.29) is 34.1 Å². The van der Waals surface area contributed by atoms with E-state index in [1.807, 2.05) is 24.3 Å². The van der Waals surface area contributed by atoms with E-state index in [4.69, 9.17) is 18.9 Å². The number of hydrogen-bond acceptors (Lipinski definition) is 9. The van der Waals surface area contributed by atoms with E-state index in [1.54, 1.807) is 54.6 Å². The average molecular weight is 940 g/mol. The fourth-order valence-corrected chi connectivity index (χ4v) is 7.72. The maximum absolute atomic E-state index is 15.3. The number of carbonyl (C=O) groups excluding carboxylic acids is 4. The second-order valence-electron chi connectivity index (χ2n) is 16.8. The minimum Gasteiger partial charge on any atom is -0.423 e. The summed E-state index contributed by atoms with van der Waals surface area (Å²) >= 11 is 0. The van der Waals surface area contributed by atoms with E-state index in [2.05, 4.69) is 38.1 Å². The van der Waals surface area contributed by atoms with Crippen molar-refractivity contribution in [1.82, 2.24) is 0 Å². The molecule has 0 aliphatic carbocycles. The van der Waals surface area contributed by atoms with Crippen LogP contribution in [-0.4, -0.2) is 23.9 Å². The molecule has 0 atom stereocenters. The fraction of sp³-hybridized carbons (Fsp3) is 0.203. The average Bonchev–Trinajstić information content (AvgIpc) is 3.37. The zero-order valence-electron chi connectivity index (χ0n) is 39.0. The van der Waals surface area contributed by atoms with Gasteiger partial charge >= 0.3 is 23.9 Å². The molecule has 0 aliphatic heterocycles. The van der Waals surface area contributed by atoms with Crippen molar-refractivity contribution in [3.05, 3.63) is 202 Å². The Labute approximate surface area is 406 Å². The minimum absolute atomic E-state index is 0.169. The highest BCUT2D eigenvalue weighted by molar-refractivity contribution is 5.95. The van der Waals surface area contributed by atoms with Gasteiger partial charge in [-0.15, -0.1) is 0 Å². The molecule has 0 bridgehead atoms. The molecule has 0 N–H and O–H groups in total. The van der Waals surface area contributed by atoms with E-state index in [0.717, 1.165) is 72.2 Å². The molecule has 0 spiro atoms. The number of unbranched alkanes of at least 4 members (excludes halogenated alkanes) is 6. The lowest BCUT2D eigenvalue weighted by molar-refractivity contribution is 0.0720. The fourth-order valence-electron chi connectivity index (χ4n) is 7.72. The van der Waals surface area contributed by atoms with Crippen LogP contribution in [0.3, 0.4) is 0 Å². The number of halogens is 2. The lowest BCUT2D eigenvalue weighted by atomic mass is 10.0. The maximum atomic E-state index is 15.3. The van der Waals surface area contributed by atoms with Crippen molar-refractivity contribution in [3.63, 3.8) is 0 Å². The normalized spacial score (nSPS) is 10.8. The van der Waals surface area contributed by atoms with Gasteiger partial charge in [-0.05, 0) is 120 Å². The van der Waals surface area contributed by atoms with Crippen LogP contribution in [0.4, 0.5) is 8.78 Å². The summed E-state index contributed by atoms with van der Waals surface area (Å²) in [5, 5.41) is 9.97. The summed E-state index contributed by atoms with van der Waals surface area (Å²) in [6.07, 6.45) is 11.6. The zero-order chi connectivity index (χ0) is 49.4. The summed E-state index contributed by atoms with van der Waals surface area (Å²) in [6.45, 7) is 4.38. The van der Waals surface area contributed by atoms with Crippen molar-refractivity contribution in [2.75, 3.05) is 0 Å². The molecule has 354 valence electrons. The van der Waals surface area contributed by atoms with Gasteiger partial charge in [0.1, 0.15) is 34.8 Å². The maximum Gasteiger partial charge on any atom is 0.346 e. The van der Waals surface area contributed by atoms with Crippen LogP contribution < -0.4 is 18.9 Å². The van der Waals surface area contributed by atoms with E-state index in [9.17, 15) is 24.4 Å². The number of benzene rings is 7. The van der Waals surface area contributed by atoms with Gasteiger partial charge in [0.2, 0.25) is 0 Å². The molecule has 0 fully saturated rings. The molecule has 70 heavy (non-hydrogen) atoms. The Balaban J connectivity index is 0.920. The quantitative estimate of drug-likeness (QED) is 0.0417. The van der Waals surface area contributed by atoms with Gasteiger partial charge in [-0.3, -0.25) is 0 Å². The molecule has 7 aromatic rings. The number of esters is 4. The van der Waals surface area contributed by atoms with E-state index in [0.29, 0.717) is 0 Å². The Bertz CT molecular complexity index is 2800. The van der Waals surface area contributed by atoms with Gasteiger partial charge in [-0.25, -0.2) is 28.0 Å². The Morgan fingerprint density at radius 2 is 0.814 bits per heavy atom. The summed E-state index contributed by atoms with van der Waals surface area (Å²) in [4.78, 5) is 52.2. The first-order valence-electron chi connectivity index (χ1n) is 23.4. The molecular weight excluding hydrogens is 889 g/mol. The van der Waals surface area contributed by atoms with Crippen molar-refractivity contribution in [2.45, 2.75) is 78.1 Å². The Morgan fingerprint density at radius 3 is 1.16 bits per heavy atom. The third-order valence-corrected chi connectivity index (χ3v) is 11.7. The molecule has 0 aromatic heterocycles. The Hall–Kier alpha value is -8.23. The molecule has 0 aliphatic rings. The third kappa shape index (κ3) is 13.1. The molecule has 0 saturated carbocycles. The molecule has 0 radical (unpaired) electrons. The van der Waals surface area contributed by atoms with Crippen LogP contribution in [0.2, 0.25) is 0 Å². The van der Waals surface area contributed by atoms with Crippen LogP contribution in [0, 0.1) is 23.0 Å². The Morgan fingerprint density at radius 1 is 0.443 bits per heavy atom. The lowest BCUT2D eigenvalue weighted by Gasteiger charge is -2.12. The molecule has 0 amide bonds. The van der Waals surface area contributed by atoms with Crippen LogP contribution >= 0.6 is 0 Å². The second-order valence-corrected chi connectivity index (χ2v) is 16.8. The molecule has 11 heteroatoms. The number of hydrogen-bond donors (Lipinski definition) is 0. The van der Waals surface area contributed by atoms with Gasteiger partial charge in [0, 0.05) is 12.1 Å². The van der Waals surface area contributed by atoms with Crippen molar-refractivity contribution in [3.8, 4) is 51.3 Å². The monoisotopic (exact) mass is 939 g/mol. The zero-order valence-corrected chi connectivity index (χ0v) is 39.0. The molecule has 7 aromatic carbocycles. The third-order valence-electron chi connectivity index (χ3n) is 11.7. The van der Waals surface area contributed by atoms with Gasteiger partial charge in [0.15, 0.2) is 11.5 Å². The summed E-state index contributed by atoms with van der Waals surface area (Å²) < 4.78 is 52.1. The Kier molecular flexibility index (Phi) is 17.2. The van der Waals surface area contributed by atoms with E-state index in [1.165, 1.54) is 80.0 Å². The highest BCUT2D eigenvalue weighted by Crippen LogP contribution is 2.31. The van der Waals surface area contributed by atoms with Gasteiger partial charge in [-0.2, -0.15) is 5.26 Å². The van der Waals surface area contributed by atoms with Crippen molar-refractivity contribution in [2.24, 2.45) is 0 Å². The van der Waals surface area contributed by atoms with Gasteiger partial charge in [0.05, 0.1) is 22.3 Å². The van der Waals surface area contributed by atoms with Crippen molar-refractivity contribution in [1.29, 1.82) is 5.26 Å². The van der Waals surface area contributed by atoms with Gasteiger partial charge in [-0.1, -0.05) is 131 Å². The van der Waals surface area contributed by atoms with E-state index >= 15 is 8.78 Å². The predicted molar refractivity (Wildman–Crippen MR) is 263 cm³/mol. The molecule has 0 heterocycles. The molecule has 0 saturated heterocycles. The minimum atomic E-state index is -1.21. The summed E-state index contributed by atoms with van der Waals surface area (Å²) in [5.41, 5.74) is 5.32. The molecular formula is C59H51F2NO8. The highest BCUT2D eigenvalue weighted by Gasteiger charge is 2.23. The van der Waals surface area contributed by atoms with Crippen LogP contribution in [0.5, 0.6) is 23.0 Å². The number of aryl methyl sites for hydroxylation is 2. The number of nitrogens with zero attached hydrogens (tertiary/aromatic N) is 1. The standard InChI is InChI=1S/C59H51F2NO8/c1-3-5-7-9-12-39-16-20-41(21-17-39)43-24-28-45(29-25-43)56(63)67-47-32-34-49(52(60)36-47)58(65)69-54-14-11-15-55(51(54)38-62)70-59(66)50-35-33-48(37-53(50)61)68-57(64)46-30-26-44(27-31-46)42-22-18-40(19-23-42)13-10-8-6-4-2/h11,14-37H,3-10,12-13H2,1-2H3. The summed E-state index contributed by atoms with van der Waals surface area (Å²) in [7, 11) is 0. The topological polar surface area (TPSA) is 129 Å². The first kappa shape index (κ1) is 49.7. The number of carbonyl (C=O) groups is 4. The first-order valence-corrected chi connectivity index (χ1v) is 23.4.